The minimum atomic E-state index is 0.269. The van der Waals surface area contributed by atoms with Crippen molar-refractivity contribution in [2.45, 2.75) is 39.2 Å². The third-order valence-electron chi connectivity index (χ3n) is 3.37. The van der Waals surface area contributed by atoms with Crippen molar-refractivity contribution >= 4 is 11.6 Å². The molecule has 0 aliphatic rings. The first kappa shape index (κ1) is 15.3. The van der Waals surface area contributed by atoms with E-state index in [0.29, 0.717) is 5.82 Å². The number of hydrazine groups is 1. The molecule has 5 nitrogen and oxygen atoms in total. The number of nitrogen functional groups attached to an aromatic ring is 1. The van der Waals surface area contributed by atoms with Crippen LogP contribution in [0.5, 0.6) is 0 Å². The molecule has 0 saturated carbocycles. The van der Waals surface area contributed by atoms with E-state index in [2.05, 4.69) is 65.7 Å². The van der Waals surface area contributed by atoms with Gasteiger partial charge in [0, 0.05) is 11.6 Å². The first-order valence-electron chi connectivity index (χ1n) is 7.23. The number of hydrogen-bond acceptors (Lipinski definition) is 5. The molecule has 2 rings (SSSR count). The molecular weight excluding hydrogens is 262 g/mol. The van der Waals surface area contributed by atoms with E-state index in [-0.39, 0.29) is 12.0 Å². The highest BCUT2D eigenvalue weighted by molar-refractivity contribution is 5.58. The summed E-state index contributed by atoms with van der Waals surface area (Å²) in [4.78, 5) is 8.56. The Labute approximate surface area is 126 Å². The molecule has 4 N–H and O–H groups in total. The smallest absolute Gasteiger partial charge is 0.148 e. The molecule has 1 atom stereocenters. The third kappa shape index (κ3) is 3.92. The molecule has 0 bridgehead atoms. The average Bonchev–Trinajstić information content (AvgIpc) is 2.47. The molecule has 0 saturated heterocycles. The summed E-state index contributed by atoms with van der Waals surface area (Å²) >= 11 is 0. The molecule has 0 aliphatic heterocycles. The first-order valence-corrected chi connectivity index (χ1v) is 7.23. The van der Waals surface area contributed by atoms with Crippen LogP contribution < -0.4 is 16.6 Å². The summed E-state index contributed by atoms with van der Waals surface area (Å²) in [5.41, 5.74) is 4.96. The highest BCUT2D eigenvalue weighted by Gasteiger charge is 2.16. The van der Waals surface area contributed by atoms with Gasteiger partial charge in [0.1, 0.15) is 18.0 Å². The third-order valence-corrected chi connectivity index (χ3v) is 3.37. The molecule has 0 fully saturated rings. The van der Waals surface area contributed by atoms with E-state index in [1.165, 1.54) is 11.9 Å². The standard InChI is InChI=1S/C16H23N5/c1-11(2)14-15(18-10-19-16(14)21-17)20-12(3)9-13-7-5-4-6-8-13/h4-8,10-12H,9,17H2,1-3H3,(H2,18,19,20,21). The van der Waals surface area contributed by atoms with Gasteiger partial charge in [-0.15, -0.1) is 0 Å². The van der Waals surface area contributed by atoms with Crippen LogP contribution in [0.4, 0.5) is 11.6 Å². The Bertz CT molecular complexity index is 568. The second-order valence-corrected chi connectivity index (χ2v) is 5.52. The maximum atomic E-state index is 5.54. The number of nitrogens with zero attached hydrogens (tertiary/aromatic N) is 2. The van der Waals surface area contributed by atoms with Crippen molar-refractivity contribution in [3.8, 4) is 0 Å². The number of rotatable bonds is 6. The lowest BCUT2D eigenvalue weighted by atomic mass is 10.0. The Morgan fingerprint density at radius 3 is 2.33 bits per heavy atom. The molecule has 1 aromatic heterocycles. The first-order chi connectivity index (χ1) is 10.1. The normalized spacial score (nSPS) is 12.2. The zero-order chi connectivity index (χ0) is 15.2. The molecule has 2 aromatic rings. The van der Waals surface area contributed by atoms with Crippen LogP contribution in [0.2, 0.25) is 0 Å². The van der Waals surface area contributed by atoms with Gasteiger partial charge in [0.25, 0.3) is 0 Å². The summed E-state index contributed by atoms with van der Waals surface area (Å²) in [5.74, 6) is 7.34. The topological polar surface area (TPSA) is 75.9 Å². The lowest BCUT2D eigenvalue weighted by Gasteiger charge is -2.20. The van der Waals surface area contributed by atoms with E-state index >= 15 is 0 Å². The van der Waals surface area contributed by atoms with Gasteiger partial charge in [-0.05, 0) is 24.8 Å². The fourth-order valence-corrected chi connectivity index (χ4v) is 2.42. The molecule has 5 heteroatoms. The second kappa shape index (κ2) is 7.04. The van der Waals surface area contributed by atoms with Crippen LogP contribution in [0.15, 0.2) is 36.7 Å². The van der Waals surface area contributed by atoms with Gasteiger partial charge in [0.15, 0.2) is 0 Å². The van der Waals surface area contributed by atoms with Gasteiger partial charge in [-0.3, -0.25) is 0 Å². The molecule has 0 aliphatic carbocycles. The zero-order valence-corrected chi connectivity index (χ0v) is 12.8. The maximum absolute atomic E-state index is 5.54. The molecule has 1 aromatic carbocycles. The summed E-state index contributed by atoms with van der Waals surface area (Å²) < 4.78 is 0. The van der Waals surface area contributed by atoms with Gasteiger partial charge >= 0.3 is 0 Å². The number of anilines is 2. The fourth-order valence-electron chi connectivity index (χ4n) is 2.42. The van der Waals surface area contributed by atoms with Crippen molar-refractivity contribution in [1.29, 1.82) is 0 Å². The lowest BCUT2D eigenvalue weighted by Crippen LogP contribution is -2.22. The average molecular weight is 285 g/mol. The van der Waals surface area contributed by atoms with Crippen molar-refractivity contribution in [2.24, 2.45) is 5.84 Å². The summed E-state index contributed by atoms with van der Waals surface area (Å²) in [7, 11) is 0. The molecule has 0 radical (unpaired) electrons. The molecule has 21 heavy (non-hydrogen) atoms. The number of hydrogen-bond donors (Lipinski definition) is 3. The maximum Gasteiger partial charge on any atom is 0.148 e. The van der Waals surface area contributed by atoms with Gasteiger partial charge in [-0.2, -0.15) is 0 Å². The van der Waals surface area contributed by atoms with Crippen LogP contribution in [0.25, 0.3) is 0 Å². The van der Waals surface area contributed by atoms with Crippen molar-refractivity contribution in [2.75, 3.05) is 10.7 Å². The molecule has 0 amide bonds. The van der Waals surface area contributed by atoms with E-state index in [1.807, 2.05) is 6.07 Å². The zero-order valence-electron chi connectivity index (χ0n) is 12.8. The van der Waals surface area contributed by atoms with Gasteiger partial charge in [-0.25, -0.2) is 15.8 Å². The van der Waals surface area contributed by atoms with Gasteiger partial charge in [-0.1, -0.05) is 44.2 Å². The van der Waals surface area contributed by atoms with Gasteiger partial charge < -0.3 is 10.7 Å². The predicted molar refractivity (Wildman–Crippen MR) is 87.2 cm³/mol. The van der Waals surface area contributed by atoms with E-state index in [9.17, 15) is 0 Å². The van der Waals surface area contributed by atoms with E-state index in [1.54, 1.807) is 0 Å². The number of nitrogens with one attached hydrogen (secondary N) is 2. The summed E-state index contributed by atoms with van der Waals surface area (Å²) in [6, 6.07) is 10.7. The summed E-state index contributed by atoms with van der Waals surface area (Å²) in [6.07, 6.45) is 2.46. The Morgan fingerprint density at radius 1 is 1.05 bits per heavy atom. The SMILES string of the molecule is CC(Cc1ccccc1)Nc1ncnc(NN)c1C(C)C. The highest BCUT2D eigenvalue weighted by atomic mass is 15.3. The predicted octanol–water partition coefficient (Wildman–Crippen LogP) is 2.93. The van der Waals surface area contributed by atoms with Crippen LogP contribution in [-0.2, 0) is 6.42 Å². The second-order valence-electron chi connectivity index (χ2n) is 5.52. The number of aromatic nitrogens is 2. The molecule has 0 spiro atoms. The Kier molecular flexibility index (Phi) is 5.11. The summed E-state index contributed by atoms with van der Waals surface area (Å²) in [5, 5.41) is 3.47. The minimum absolute atomic E-state index is 0.269. The van der Waals surface area contributed by atoms with Crippen molar-refractivity contribution in [1.82, 2.24) is 9.97 Å². The van der Waals surface area contributed by atoms with E-state index < -0.39 is 0 Å². The van der Waals surface area contributed by atoms with Gasteiger partial charge in [0.05, 0.1) is 0 Å². The fraction of sp³-hybridized carbons (Fsp3) is 0.375. The Balaban J connectivity index is 2.15. The van der Waals surface area contributed by atoms with Crippen LogP contribution >= 0.6 is 0 Å². The number of nitrogens with two attached hydrogens (primary N) is 1. The lowest BCUT2D eigenvalue weighted by molar-refractivity contribution is 0.769. The monoisotopic (exact) mass is 285 g/mol. The molecule has 1 heterocycles. The van der Waals surface area contributed by atoms with Crippen molar-refractivity contribution < 1.29 is 0 Å². The largest absolute Gasteiger partial charge is 0.367 e. The van der Waals surface area contributed by atoms with E-state index in [4.69, 9.17) is 5.84 Å². The van der Waals surface area contributed by atoms with E-state index in [0.717, 1.165) is 17.8 Å². The van der Waals surface area contributed by atoms with Crippen LogP contribution in [0.3, 0.4) is 0 Å². The van der Waals surface area contributed by atoms with Crippen LogP contribution in [-0.4, -0.2) is 16.0 Å². The minimum Gasteiger partial charge on any atom is -0.367 e. The van der Waals surface area contributed by atoms with Gasteiger partial charge in [0.2, 0.25) is 0 Å². The molecular formula is C16H23N5. The number of benzene rings is 1. The molecule has 1 unspecified atom stereocenters. The quantitative estimate of drug-likeness (QED) is 0.562. The Hall–Kier alpha value is -2.14. The molecule has 112 valence electrons. The summed E-state index contributed by atoms with van der Waals surface area (Å²) in [6.45, 7) is 6.36. The van der Waals surface area contributed by atoms with Crippen LogP contribution in [0.1, 0.15) is 37.8 Å². The highest BCUT2D eigenvalue weighted by Crippen LogP contribution is 2.28. The Morgan fingerprint density at radius 2 is 1.71 bits per heavy atom. The van der Waals surface area contributed by atoms with Crippen LogP contribution in [0, 0.1) is 0 Å². The van der Waals surface area contributed by atoms with Crippen molar-refractivity contribution in [3.05, 3.63) is 47.8 Å². The van der Waals surface area contributed by atoms with Crippen molar-refractivity contribution in [3.63, 3.8) is 0 Å².